The van der Waals surface area contributed by atoms with Gasteiger partial charge in [0.25, 0.3) is 0 Å². The summed E-state index contributed by atoms with van der Waals surface area (Å²) in [5.41, 5.74) is 1.01. The van der Waals surface area contributed by atoms with Crippen molar-refractivity contribution in [2.75, 3.05) is 32.7 Å². The van der Waals surface area contributed by atoms with Crippen molar-refractivity contribution in [2.45, 2.75) is 32.3 Å². The molecule has 0 atom stereocenters. The Bertz CT molecular complexity index is 470. The molecule has 1 saturated heterocycles. The third-order valence-corrected chi connectivity index (χ3v) is 4.13. The second-order valence-corrected chi connectivity index (χ2v) is 5.88. The maximum Gasteiger partial charge on any atom is 0.410 e. The first-order valence-corrected chi connectivity index (χ1v) is 8.41. The van der Waals surface area contributed by atoms with Crippen molar-refractivity contribution in [3.8, 4) is 0 Å². The summed E-state index contributed by atoms with van der Waals surface area (Å²) < 4.78 is 5.36. The lowest BCUT2D eigenvalue weighted by Crippen LogP contribution is -2.48. The fourth-order valence-corrected chi connectivity index (χ4v) is 2.70. The van der Waals surface area contributed by atoms with Gasteiger partial charge in [0, 0.05) is 32.6 Å². The lowest BCUT2D eigenvalue weighted by Gasteiger charge is -2.34. The molecule has 23 heavy (non-hydrogen) atoms. The zero-order valence-corrected chi connectivity index (χ0v) is 13.7. The maximum absolute atomic E-state index is 12.1. The molecular weight excluding hydrogens is 292 g/mol. The zero-order valence-electron chi connectivity index (χ0n) is 13.7. The van der Waals surface area contributed by atoms with Crippen LogP contribution >= 0.6 is 0 Å². The molecule has 0 radical (unpaired) electrons. The summed E-state index contributed by atoms with van der Waals surface area (Å²) in [5.74, 6) is 0. The molecule has 0 saturated carbocycles. The monoisotopic (exact) mass is 318 g/mol. The molecule has 5 heteroatoms. The molecule has 1 aliphatic rings. The van der Waals surface area contributed by atoms with Gasteiger partial charge in [0.1, 0.15) is 12.9 Å². The van der Waals surface area contributed by atoms with Crippen molar-refractivity contribution in [1.29, 1.82) is 0 Å². The Labute approximate surface area is 138 Å². The second kappa shape index (κ2) is 10.0. The van der Waals surface area contributed by atoms with E-state index in [2.05, 4.69) is 4.90 Å². The number of carbonyl (C=O) groups excluding carboxylic acids is 2. The van der Waals surface area contributed by atoms with Crippen LogP contribution in [0.4, 0.5) is 4.79 Å². The van der Waals surface area contributed by atoms with E-state index in [0.29, 0.717) is 13.0 Å². The van der Waals surface area contributed by atoms with Gasteiger partial charge in [-0.3, -0.25) is 4.90 Å². The van der Waals surface area contributed by atoms with E-state index in [1.54, 1.807) is 4.90 Å². The smallest absolute Gasteiger partial charge is 0.410 e. The van der Waals surface area contributed by atoms with Crippen LogP contribution in [0.1, 0.15) is 31.2 Å². The Hall–Kier alpha value is -1.88. The molecule has 2 rings (SSSR count). The van der Waals surface area contributed by atoms with E-state index in [9.17, 15) is 9.59 Å². The van der Waals surface area contributed by atoms with Crippen LogP contribution in [-0.4, -0.2) is 54.9 Å². The van der Waals surface area contributed by atoms with Crippen LogP contribution in [0.5, 0.6) is 0 Å². The summed E-state index contributed by atoms with van der Waals surface area (Å²) >= 11 is 0. The molecule has 1 heterocycles. The van der Waals surface area contributed by atoms with Gasteiger partial charge < -0.3 is 14.4 Å². The molecule has 1 aliphatic heterocycles. The van der Waals surface area contributed by atoms with Crippen LogP contribution in [0.15, 0.2) is 30.3 Å². The molecule has 0 aliphatic carbocycles. The fourth-order valence-electron chi connectivity index (χ4n) is 2.70. The zero-order chi connectivity index (χ0) is 16.3. The van der Waals surface area contributed by atoms with Crippen molar-refractivity contribution < 1.29 is 14.3 Å². The molecular formula is C18H26N2O3. The lowest BCUT2D eigenvalue weighted by molar-refractivity contribution is -0.107. The Balaban J connectivity index is 1.60. The third kappa shape index (κ3) is 6.40. The highest BCUT2D eigenvalue weighted by Crippen LogP contribution is 2.08. The number of ether oxygens (including phenoxy) is 1. The standard InChI is InChI=1S/C18H26N2O3/c21-15-7-2-1-6-10-19-11-13-20(14-12-19)18(22)23-16-17-8-4-3-5-9-17/h3-5,8-9,15H,1-2,6-7,10-14,16H2. The minimum Gasteiger partial charge on any atom is -0.445 e. The van der Waals surface area contributed by atoms with Crippen molar-refractivity contribution in [3.63, 3.8) is 0 Å². The summed E-state index contributed by atoms with van der Waals surface area (Å²) in [4.78, 5) is 26.5. The van der Waals surface area contributed by atoms with Crippen LogP contribution in [0.2, 0.25) is 0 Å². The number of carbonyl (C=O) groups is 2. The Kier molecular flexibility index (Phi) is 7.60. The molecule has 0 aromatic heterocycles. The van der Waals surface area contributed by atoms with E-state index >= 15 is 0 Å². The topological polar surface area (TPSA) is 49.9 Å². The molecule has 1 fully saturated rings. The average molecular weight is 318 g/mol. The first-order chi connectivity index (χ1) is 11.3. The summed E-state index contributed by atoms with van der Waals surface area (Å²) in [6.07, 6.45) is 4.63. The first-order valence-electron chi connectivity index (χ1n) is 8.41. The Morgan fingerprint density at radius 3 is 2.48 bits per heavy atom. The molecule has 126 valence electrons. The second-order valence-electron chi connectivity index (χ2n) is 5.88. The third-order valence-electron chi connectivity index (χ3n) is 4.13. The van der Waals surface area contributed by atoms with Crippen LogP contribution in [-0.2, 0) is 16.1 Å². The number of nitrogens with zero attached hydrogens (tertiary/aromatic N) is 2. The number of hydrogen-bond acceptors (Lipinski definition) is 4. The van der Waals surface area contributed by atoms with E-state index in [-0.39, 0.29) is 6.09 Å². The van der Waals surface area contributed by atoms with Gasteiger partial charge in [0.05, 0.1) is 0 Å². The number of hydrogen-bond donors (Lipinski definition) is 0. The van der Waals surface area contributed by atoms with Gasteiger partial charge >= 0.3 is 6.09 Å². The quantitative estimate of drug-likeness (QED) is 0.546. The molecule has 0 spiro atoms. The molecule has 0 bridgehead atoms. The van der Waals surface area contributed by atoms with Crippen LogP contribution in [0, 0.1) is 0 Å². The summed E-state index contributed by atoms with van der Waals surface area (Å²) in [5, 5.41) is 0. The number of benzene rings is 1. The van der Waals surface area contributed by atoms with Crippen LogP contribution < -0.4 is 0 Å². The van der Waals surface area contributed by atoms with E-state index in [1.165, 1.54) is 0 Å². The van der Waals surface area contributed by atoms with Crippen LogP contribution in [0.25, 0.3) is 0 Å². The number of rotatable bonds is 8. The van der Waals surface area contributed by atoms with Crippen molar-refractivity contribution in [2.24, 2.45) is 0 Å². The molecule has 1 aromatic rings. The highest BCUT2D eigenvalue weighted by atomic mass is 16.6. The van der Waals surface area contributed by atoms with Crippen molar-refractivity contribution in [3.05, 3.63) is 35.9 Å². The number of aldehydes is 1. The summed E-state index contributed by atoms with van der Waals surface area (Å²) in [7, 11) is 0. The highest BCUT2D eigenvalue weighted by molar-refractivity contribution is 5.67. The number of piperazine rings is 1. The largest absolute Gasteiger partial charge is 0.445 e. The minimum absolute atomic E-state index is 0.223. The van der Waals surface area contributed by atoms with Crippen LogP contribution in [0.3, 0.4) is 0 Å². The highest BCUT2D eigenvalue weighted by Gasteiger charge is 2.21. The molecule has 1 amide bonds. The van der Waals surface area contributed by atoms with E-state index in [1.807, 2.05) is 30.3 Å². The fraction of sp³-hybridized carbons (Fsp3) is 0.556. The Morgan fingerprint density at radius 2 is 1.78 bits per heavy atom. The van der Waals surface area contributed by atoms with Gasteiger partial charge in [-0.15, -0.1) is 0 Å². The molecule has 1 aromatic carbocycles. The Morgan fingerprint density at radius 1 is 1.04 bits per heavy atom. The minimum atomic E-state index is -0.223. The van der Waals surface area contributed by atoms with Crippen molar-refractivity contribution in [1.82, 2.24) is 9.80 Å². The van der Waals surface area contributed by atoms with Gasteiger partial charge in [0.2, 0.25) is 0 Å². The van der Waals surface area contributed by atoms with Gasteiger partial charge in [-0.2, -0.15) is 0 Å². The molecule has 0 unspecified atom stereocenters. The summed E-state index contributed by atoms with van der Waals surface area (Å²) in [6.45, 7) is 4.62. The molecule has 5 nitrogen and oxygen atoms in total. The normalized spacial score (nSPS) is 15.4. The van der Waals surface area contributed by atoms with Gasteiger partial charge in [-0.1, -0.05) is 36.8 Å². The predicted molar refractivity (Wildman–Crippen MR) is 89.2 cm³/mol. The average Bonchev–Trinajstić information content (AvgIpc) is 2.61. The predicted octanol–water partition coefficient (Wildman–Crippen LogP) is 2.70. The SMILES string of the molecule is O=CCCCCCN1CCN(C(=O)OCc2ccccc2)CC1. The van der Waals surface area contributed by atoms with Gasteiger partial charge in [-0.05, 0) is 24.9 Å². The first kappa shape index (κ1) is 17.5. The summed E-state index contributed by atoms with van der Waals surface area (Å²) in [6, 6.07) is 9.74. The van der Waals surface area contributed by atoms with E-state index < -0.39 is 0 Å². The number of amides is 1. The molecule has 0 N–H and O–H groups in total. The van der Waals surface area contributed by atoms with E-state index in [0.717, 1.165) is 63.8 Å². The lowest BCUT2D eigenvalue weighted by atomic mass is 10.2. The van der Waals surface area contributed by atoms with Gasteiger partial charge in [0.15, 0.2) is 0 Å². The van der Waals surface area contributed by atoms with Gasteiger partial charge in [-0.25, -0.2) is 4.79 Å². The maximum atomic E-state index is 12.1. The van der Waals surface area contributed by atoms with Crippen molar-refractivity contribution >= 4 is 12.4 Å². The number of unbranched alkanes of at least 4 members (excludes halogenated alkanes) is 3. The van der Waals surface area contributed by atoms with E-state index in [4.69, 9.17) is 4.74 Å².